The van der Waals surface area contributed by atoms with Gasteiger partial charge in [0.2, 0.25) is 0 Å². The molecule has 1 heterocycles. The van der Waals surface area contributed by atoms with E-state index in [1.165, 1.54) is 17.4 Å². The molecule has 4 nitrogen and oxygen atoms in total. The Morgan fingerprint density at radius 2 is 1.69 bits per heavy atom. The number of anilines is 1. The maximum Gasteiger partial charge on any atom is 0.266 e. The average molecular weight is 386 g/mol. The van der Waals surface area contributed by atoms with Gasteiger partial charge in [0.25, 0.3) is 5.91 Å². The Bertz CT molecular complexity index is 1060. The first-order valence-corrected chi connectivity index (χ1v) is 10.8. The van der Waals surface area contributed by atoms with Gasteiger partial charge in [-0.2, -0.15) is 0 Å². The molecule has 0 saturated carbocycles. The van der Waals surface area contributed by atoms with E-state index in [0.29, 0.717) is 10.6 Å². The van der Waals surface area contributed by atoms with Crippen LogP contribution >= 0.6 is 11.3 Å². The Kier molecular flexibility index (Phi) is 4.98. The second-order valence-corrected chi connectivity index (χ2v) is 9.16. The lowest BCUT2D eigenvalue weighted by Gasteiger charge is -2.11. The number of rotatable bonds is 4. The molecule has 1 amide bonds. The minimum absolute atomic E-state index is 0.184. The molecule has 3 aromatic rings. The van der Waals surface area contributed by atoms with E-state index in [4.69, 9.17) is 0 Å². The number of amides is 1. The molecule has 0 saturated heterocycles. The Labute approximate surface area is 157 Å². The van der Waals surface area contributed by atoms with Crippen LogP contribution in [0.1, 0.15) is 20.8 Å². The molecule has 26 heavy (non-hydrogen) atoms. The first-order valence-electron chi connectivity index (χ1n) is 8.02. The van der Waals surface area contributed by atoms with Gasteiger partial charge < -0.3 is 5.32 Å². The average Bonchev–Trinajstić information content (AvgIpc) is 3.06. The summed E-state index contributed by atoms with van der Waals surface area (Å²) in [6, 6.07) is 14.7. The maximum absolute atomic E-state index is 12.8. The van der Waals surface area contributed by atoms with Gasteiger partial charge in [-0.1, -0.05) is 35.9 Å². The monoisotopic (exact) mass is 385 g/mol. The Morgan fingerprint density at radius 1 is 1.00 bits per heavy atom. The number of carbonyl (C=O) groups excluding carboxylic acids is 1. The molecule has 6 heteroatoms. The van der Waals surface area contributed by atoms with Gasteiger partial charge in [0.05, 0.1) is 9.77 Å². The van der Waals surface area contributed by atoms with Crippen molar-refractivity contribution in [1.29, 1.82) is 0 Å². The minimum Gasteiger partial charge on any atom is -0.321 e. The minimum atomic E-state index is -3.34. The van der Waals surface area contributed by atoms with Crippen molar-refractivity contribution in [2.24, 2.45) is 0 Å². The lowest BCUT2D eigenvalue weighted by molar-refractivity contribution is 0.103. The van der Waals surface area contributed by atoms with Crippen molar-refractivity contribution in [3.05, 3.63) is 69.9 Å². The van der Waals surface area contributed by atoms with Crippen LogP contribution in [0.4, 0.5) is 5.69 Å². The fraction of sp³-hybridized carbons (Fsp3) is 0.150. The number of nitrogens with one attached hydrogen (secondary N) is 1. The van der Waals surface area contributed by atoms with E-state index in [0.717, 1.165) is 28.5 Å². The van der Waals surface area contributed by atoms with Gasteiger partial charge in [0, 0.05) is 17.5 Å². The number of benzene rings is 2. The van der Waals surface area contributed by atoms with Gasteiger partial charge in [-0.3, -0.25) is 4.79 Å². The highest BCUT2D eigenvalue weighted by Crippen LogP contribution is 2.30. The standard InChI is InChI=1S/C20H19NO3S2/c1-13-4-7-15(8-5-13)17-10-11-25-19(17)20(22)21-18-12-16(26(3,23)24)9-6-14(18)2/h4-12H,1-3H3,(H,21,22). The summed E-state index contributed by atoms with van der Waals surface area (Å²) in [7, 11) is -3.34. The molecule has 1 N–H and O–H groups in total. The van der Waals surface area contributed by atoms with Crippen LogP contribution in [-0.2, 0) is 9.84 Å². The fourth-order valence-electron chi connectivity index (χ4n) is 2.59. The topological polar surface area (TPSA) is 63.2 Å². The summed E-state index contributed by atoms with van der Waals surface area (Å²) in [4.78, 5) is 13.6. The van der Waals surface area contributed by atoms with E-state index in [1.54, 1.807) is 12.1 Å². The summed E-state index contributed by atoms with van der Waals surface area (Å²) in [5, 5.41) is 4.73. The van der Waals surface area contributed by atoms with Gasteiger partial charge in [-0.25, -0.2) is 8.42 Å². The Balaban J connectivity index is 1.93. The number of hydrogen-bond acceptors (Lipinski definition) is 4. The van der Waals surface area contributed by atoms with Crippen LogP contribution < -0.4 is 5.32 Å². The highest BCUT2D eigenvalue weighted by molar-refractivity contribution is 7.90. The summed E-state index contributed by atoms with van der Waals surface area (Å²) in [5.41, 5.74) is 4.30. The lowest BCUT2D eigenvalue weighted by Crippen LogP contribution is -2.13. The number of sulfone groups is 1. The third-order valence-corrected chi connectivity index (χ3v) is 6.14. The van der Waals surface area contributed by atoms with Crippen LogP contribution in [0.3, 0.4) is 0 Å². The number of aryl methyl sites for hydroxylation is 2. The number of hydrogen-bond donors (Lipinski definition) is 1. The summed E-state index contributed by atoms with van der Waals surface area (Å²) >= 11 is 1.36. The second-order valence-electron chi connectivity index (χ2n) is 6.23. The zero-order chi connectivity index (χ0) is 18.9. The SMILES string of the molecule is Cc1ccc(-c2ccsc2C(=O)Nc2cc(S(C)(=O)=O)ccc2C)cc1. The van der Waals surface area contributed by atoms with E-state index in [9.17, 15) is 13.2 Å². The van der Waals surface area contributed by atoms with Crippen LogP contribution in [0.2, 0.25) is 0 Å². The smallest absolute Gasteiger partial charge is 0.266 e. The van der Waals surface area contributed by atoms with Crippen molar-refractivity contribution < 1.29 is 13.2 Å². The molecular formula is C20H19NO3S2. The Morgan fingerprint density at radius 3 is 2.35 bits per heavy atom. The molecule has 0 spiro atoms. The van der Waals surface area contributed by atoms with Crippen molar-refractivity contribution in [3.63, 3.8) is 0 Å². The zero-order valence-electron chi connectivity index (χ0n) is 14.7. The molecule has 3 rings (SSSR count). The molecule has 0 bridgehead atoms. The number of carbonyl (C=O) groups is 1. The molecule has 0 aliphatic carbocycles. The first-order chi connectivity index (χ1) is 12.3. The van der Waals surface area contributed by atoms with Crippen molar-refractivity contribution >= 4 is 32.8 Å². The third kappa shape index (κ3) is 3.86. The maximum atomic E-state index is 12.8. The second kappa shape index (κ2) is 7.05. The molecule has 134 valence electrons. The molecule has 0 radical (unpaired) electrons. The predicted octanol–water partition coefficient (Wildman–Crippen LogP) is 4.69. The van der Waals surface area contributed by atoms with E-state index in [2.05, 4.69) is 5.32 Å². The Hall–Kier alpha value is -2.44. The van der Waals surface area contributed by atoms with E-state index >= 15 is 0 Å². The highest BCUT2D eigenvalue weighted by atomic mass is 32.2. The van der Waals surface area contributed by atoms with Crippen molar-refractivity contribution in [2.75, 3.05) is 11.6 Å². The quantitative estimate of drug-likeness (QED) is 0.709. The van der Waals surface area contributed by atoms with Gasteiger partial charge in [-0.15, -0.1) is 11.3 Å². The normalized spacial score (nSPS) is 11.3. The molecule has 0 fully saturated rings. The number of thiophene rings is 1. The molecule has 0 unspecified atom stereocenters. The van der Waals surface area contributed by atoms with Crippen molar-refractivity contribution in [2.45, 2.75) is 18.7 Å². The summed E-state index contributed by atoms with van der Waals surface area (Å²) in [6.07, 6.45) is 1.15. The molecule has 2 aromatic carbocycles. The lowest BCUT2D eigenvalue weighted by atomic mass is 10.0. The summed E-state index contributed by atoms with van der Waals surface area (Å²) < 4.78 is 23.5. The van der Waals surface area contributed by atoms with Crippen LogP contribution in [0.25, 0.3) is 11.1 Å². The molecular weight excluding hydrogens is 366 g/mol. The molecule has 0 aliphatic rings. The van der Waals surface area contributed by atoms with Crippen molar-refractivity contribution in [1.82, 2.24) is 0 Å². The van der Waals surface area contributed by atoms with E-state index < -0.39 is 9.84 Å². The first kappa shape index (κ1) is 18.4. The highest BCUT2D eigenvalue weighted by Gasteiger charge is 2.17. The van der Waals surface area contributed by atoms with Crippen molar-refractivity contribution in [3.8, 4) is 11.1 Å². The summed E-state index contributed by atoms with van der Waals surface area (Å²) in [5.74, 6) is -0.246. The zero-order valence-corrected chi connectivity index (χ0v) is 16.4. The molecule has 0 atom stereocenters. The largest absolute Gasteiger partial charge is 0.321 e. The van der Waals surface area contributed by atoms with Gasteiger partial charge in [-0.05, 0) is 48.6 Å². The van der Waals surface area contributed by atoms with Gasteiger partial charge in [0.15, 0.2) is 9.84 Å². The third-order valence-electron chi connectivity index (χ3n) is 4.12. The van der Waals surface area contributed by atoms with Crippen LogP contribution in [-0.4, -0.2) is 20.6 Å². The molecule has 0 aliphatic heterocycles. The van der Waals surface area contributed by atoms with E-state index in [-0.39, 0.29) is 10.8 Å². The van der Waals surface area contributed by atoms with Crippen LogP contribution in [0.15, 0.2) is 58.8 Å². The van der Waals surface area contributed by atoms with Gasteiger partial charge in [0.1, 0.15) is 0 Å². The van der Waals surface area contributed by atoms with Crippen LogP contribution in [0, 0.1) is 13.8 Å². The fourth-order valence-corrected chi connectivity index (χ4v) is 4.05. The summed E-state index contributed by atoms with van der Waals surface area (Å²) in [6.45, 7) is 3.85. The van der Waals surface area contributed by atoms with Crippen LogP contribution in [0.5, 0.6) is 0 Å². The van der Waals surface area contributed by atoms with E-state index in [1.807, 2.05) is 49.6 Å². The molecule has 1 aromatic heterocycles. The predicted molar refractivity (Wildman–Crippen MR) is 107 cm³/mol. The van der Waals surface area contributed by atoms with Gasteiger partial charge >= 0.3 is 0 Å².